The lowest BCUT2D eigenvalue weighted by Gasteiger charge is -2.18. The highest BCUT2D eigenvalue weighted by molar-refractivity contribution is 8.00. The quantitative estimate of drug-likeness (QED) is 0.183. The molecule has 40 heavy (non-hydrogen) atoms. The third-order valence-corrected chi connectivity index (χ3v) is 7.53. The van der Waals surface area contributed by atoms with Crippen molar-refractivity contribution in [2.45, 2.75) is 43.4 Å². The van der Waals surface area contributed by atoms with Crippen molar-refractivity contribution in [1.29, 1.82) is 0 Å². The van der Waals surface area contributed by atoms with Crippen molar-refractivity contribution in [3.63, 3.8) is 0 Å². The van der Waals surface area contributed by atoms with Gasteiger partial charge in [0.1, 0.15) is 11.5 Å². The molecular weight excluding hydrogens is 530 g/mol. The molecule has 0 saturated carbocycles. The minimum absolute atomic E-state index is 0.149. The molecule has 5 aromatic rings. The summed E-state index contributed by atoms with van der Waals surface area (Å²) in [5.41, 5.74) is 1.30. The number of nitrogens with one attached hydrogen (secondary N) is 2. The second kappa shape index (κ2) is 12.5. The van der Waals surface area contributed by atoms with Gasteiger partial charge in [-0.25, -0.2) is 4.98 Å². The Kier molecular flexibility index (Phi) is 8.41. The number of thioether (sulfide) groups is 1. The molecule has 204 valence electrons. The molecule has 4 heterocycles. The predicted octanol–water partition coefficient (Wildman–Crippen LogP) is 4.14. The minimum atomic E-state index is -0.511. The zero-order valence-corrected chi connectivity index (χ0v) is 22.5. The monoisotopic (exact) mass is 557 g/mol. The average molecular weight is 558 g/mol. The fraction of sp³-hybridized carbons (Fsp3) is 0.207. The molecule has 2 amide bonds. The molecule has 2 N–H and O–H groups in total. The van der Waals surface area contributed by atoms with Crippen LogP contribution in [0.4, 0.5) is 0 Å². The minimum Gasteiger partial charge on any atom is -0.467 e. The Morgan fingerprint density at radius 3 is 2.50 bits per heavy atom. The number of carbonyl (C=O) groups is 2. The molecule has 0 aliphatic carbocycles. The fourth-order valence-corrected chi connectivity index (χ4v) is 5.10. The molecule has 4 aromatic heterocycles. The summed E-state index contributed by atoms with van der Waals surface area (Å²) in [5, 5.41) is 5.94. The van der Waals surface area contributed by atoms with E-state index < -0.39 is 5.25 Å². The summed E-state index contributed by atoms with van der Waals surface area (Å²) in [4.78, 5) is 48.4. The lowest BCUT2D eigenvalue weighted by molar-refractivity contribution is -0.120. The SMILES string of the molecule is CCC(Sc1nc2cc(C(=O)NCc3ccco3)ccc2c(=O)n1Cc1ccco1)C(=O)NCc1cccnc1. The van der Waals surface area contributed by atoms with Gasteiger partial charge in [-0.15, -0.1) is 0 Å². The van der Waals surface area contributed by atoms with Gasteiger partial charge in [0, 0.05) is 24.5 Å². The highest BCUT2D eigenvalue weighted by atomic mass is 32.2. The number of benzene rings is 1. The molecule has 0 fully saturated rings. The fourth-order valence-electron chi connectivity index (χ4n) is 4.07. The second-order valence-electron chi connectivity index (χ2n) is 8.95. The summed E-state index contributed by atoms with van der Waals surface area (Å²) in [6.45, 7) is 2.62. The molecule has 1 aromatic carbocycles. The predicted molar refractivity (Wildman–Crippen MR) is 150 cm³/mol. The van der Waals surface area contributed by atoms with E-state index in [1.54, 1.807) is 54.9 Å². The van der Waals surface area contributed by atoms with Gasteiger partial charge in [0.25, 0.3) is 11.5 Å². The van der Waals surface area contributed by atoms with Crippen molar-refractivity contribution < 1.29 is 18.4 Å². The van der Waals surface area contributed by atoms with Crippen molar-refractivity contribution in [2.24, 2.45) is 0 Å². The van der Waals surface area contributed by atoms with Crippen LogP contribution < -0.4 is 16.2 Å². The van der Waals surface area contributed by atoms with Gasteiger partial charge in [0.05, 0.1) is 41.8 Å². The van der Waals surface area contributed by atoms with Crippen molar-refractivity contribution in [2.75, 3.05) is 0 Å². The van der Waals surface area contributed by atoms with Gasteiger partial charge >= 0.3 is 0 Å². The lowest BCUT2D eigenvalue weighted by atomic mass is 10.1. The first-order chi connectivity index (χ1) is 19.5. The van der Waals surface area contributed by atoms with Crippen LogP contribution in [0.3, 0.4) is 0 Å². The third-order valence-electron chi connectivity index (χ3n) is 6.18. The van der Waals surface area contributed by atoms with E-state index >= 15 is 0 Å². The molecule has 11 heteroatoms. The summed E-state index contributed by atoms with van der Waals surface area (Å²) < 4.78 is 12.3. The summed E-state index contributed by atoms with van der Waals surface area (Å²) in [5.74, 6) is 0.698. The summed E-state index contributed by atoms with van der Waals surface area (Å²) in [7, 11) is 0. The first-order valence-electron chi connectivity index (χ1n) is 12.7. The standard InChI is InChI=1S/C29H27N5O5S/c1-2-25(27(36)31-16-19-6-3-11-30-15-19)40-29-33-24-14-20(26(35)32-17-21-7-4-12-38-21)9-10-23(24)28(37)34(29)18-22-8-5-13-39-22/h3-15,25H,2,16-18H2,1H3,(H,31,36)(H,32,35). The molecule has 0 saturated heterocycles. The van der Waals surface area contributed by atoms with E-state index in [-0.39, 0.29) is 30.5 Å². The van der Waals surface area contributed by atoms with E-state index in [2.05, 4.69) is 15.6 Å². The average Bonchev–Trinajstić information content (AvgIpc) is 3.70. The van der Waals surface area contributed by atoms with Crippen molar-refractivity contribution in [1.82, 2.24) is 25.2 Å². The second-order valence-corrected chi connectivity index (χ2v) is 10.1. The summed E-state index contributed by atoms with van der Waals surface area (Å²) in [6, 6.07) is 15.5. The van der Waals surface area contributed by atoms with Gasteiger partial charge in [-0.3, -0.25) is 23.9 Å². The molecule has 1 unspecified atom stereocenters. The Bertz CT molecular complexity index is 1650. The van der Waals surface area contributed by atoms with E-state index in [0.717, 1.165) is 5.56 Å². The highest BCUT2D eigenvalue weighted by Gasteiger charge is 2.23. The van der Waals surface area contributed by atoms with Crippen LogP contribution in [0.2, 0.25) is 0 Å². The summed E-state index contributed by atoms with van der Waals surface area (Å²) >= 11 is 1.20. The molecule has 0 radical (unpaired) electrons. The Hall–Kier alpha value is -4.64. The maximum Gasteiger partial charge on any atom is 0.262 e. The Morgan fingerprint density at radius 1 is 1.00 bits per heavy atom. The zero-order valence-electron chi connectivity index (χ0n) is 21.7. The topological polar surface area (TPSA) is 132 Å². The molecule has 5 rings (SSSR count). The smallest absolute Gasteiger partial charge is 0.262 e. The molecular formula is C29H27N5O5S. The van der Waals surface area contributed by atoms with Crippen LogP contribution in [0.5, 0.6) is 0 Å². The summed E-state index contributed by atoms with van der Waals surface area (Å²) in [6.07, 6.45) is 6.96. The van der Waals surface area contributed by atoms with E-state index in [1.165, 1.54) is 28.9 Å². The first kappa shape index (κ1) is 26.9. The third kappa shape index (κ3) is 6.32. The normalized spacial score (nSPS) is 11.8. The number of fused-ring (bicyclic) bond motifs is 1. The number of pyridine rings is 1. The van der Waals surface area contributed by atoms with E-state index in [1.807, 2.05) is 19.1 Å². The molecule has 0 aliphatic heterocycles. The number of aromatic nitrogens is 3. The van der Waals surface area contributed by atoms with Gasteiger partial charge in [-0.1, -0.05) is 24.8 Å². The van der Waals surface area contributed by atoms with Crippen LogP contribution in [0, 0.1) is 0 Å². The Balaban J connectivity index is 1.43. The van der Waals surface area contributed by atoms with E-state index in [9.17, 15) is 14.4 Å². The lowest BCUT2D eigenvalue weighted by Crippen LogP contribution is -2.33. The number of hydrogen-bond donors (Lipinski definition) is 2. The van der Waals surface area contributed by atoms with Crippen LogP contribution in [-0.2, 0) is 24.4 Å². The van der Waals surface area contributed by atoms with Gasteiger partial charge < -0.3 is 19.5 Å². The number of furan rings is 2. The maximum absolute atomic E-state index is 13.6. The van der Waals surface area contributed by atoms with Gasteiger partial charge in [0.2, 0.25) is 5.91 Å². The zero-order chi connectivity index (χ0) is 27.9. The van der Waals surface area contributed by atoms with Crippen molar-refractivity contribution in [3.05, 3.63) is 113 Å². The number of nitrogens with zero attached hydrogens (tertiary/aromatic N) is 3. The molecule has 0 spiro atoms. The maximum atomic E-state index is 13.6. The van der Waals surface area contributed by atoms with Crippen LogP contribution in [0.15, 0.2) is 98.3 Å². The molecule has 10 nitrogen and oxygen atoms in total. The number of rotatable bonds is 11. The largest absolute Gasteiger partial charge is 0.467 e. The number of hydrogen-bond acceptors (Lipinski definition) is 8. The van der Waals surface area contributed by atoms with Crippen LogP contribution in [-0.4, -0.2) is 31.6 Å². The van der Waals surface area contributed by atoms with Crippen molar-refractivity contribution in [3.8, 4) is 0 Å². The van der Waals surface area contributed by atoms with Crippen LogP contribution in [0.1, 0.15) is 40.8 Å². The van der Waals surface area contributed by atoms with Gasteiger partial charge in [-0.05, 0) is 60.5 Å². The first-order valence-corrected chi connectivity index (χ1v) is 13.6. The molecule has 1 atom stereocenters. The highest BCUT2D eigenvalue weighted by Crippen LogP contribution is 2.26. The van der Waals surface area contributed by atoms with Crippen molar-refractivity contribution >= 4 is 34.5 Å². The molecule has 0 bridgehead atoms. The van der Waals surface area contributed by atoms with E-state index in [4.69, 9.17) is 13.8 Å². The van der Waals surface area contributed by atoms with Gasteiger partial charge in [-0.2, -0.15) is 0 Å². The molecule has 0 aliphatic rings. The van der Waals surface area contributed by atoms with Gasteiger partial charge in [0.15, 0.2) is 5.16 Å². The van der Waals surface area contributed by atoms with Crippen LogP contribution >= 0.6 is 11.8 Å². The Labute approximate surface area is 233 Å². The number of carbonyl (C=O) groups excluding carboxylic acids is 2. The van der Waals surface area contributed by atoms with Crippen LogP contribution in [0.25, 0.3) is 10.9 Å². The Morgan fingerprint density at radius 2 is 1.80 bits per heavy atom. The number of amides is 2. The van der Waals surface area contributed by atoms with E-state index in [0.29, 0.717) is 46.1 Å².